The van der Waals surface area contributed by atoms with E-state index in [1.807, 2.05) is 4.90 Å². The SMILES string of the molecule is C[S+]([O-])NC(=O)c1c(COCC2CN(C(=O)c3cnn(Cc4ccc(F)cc4)c3)CC23CN(C(=O)C2CC2(C)C)C3)cccc1C1CCC(C(F)(F)F)CC1. The van der Waals surface area contributed by atoms with Crippen molar-refractivity contribution in [3.05, 3.63) is 88.5 Å². The summed E-state index contributed by atoms with van der Waals surface area (Å²) in [6, 6.07) is 11.3. The highest BCUT2D eigenvalue weighted by Gasteiger charge is 2.60. The summed E-state index contributed by atoms with van der Waals surface area (Å²) in [5.74, 6) is -2.75. The molecule has 10 nitrogen and oxygen atoms in total. The van der Waals surface area contributed by atoms with Crippen molar-refractivity contribution in [2.45, 2.75) is 71.2 Å². The molecule has 3 unspecified atom stereocenters. The first kappa shape index (κ1) is 39.3. The van der Waals surface area contributed by atoms with E-state index in [0.29, 0.717) is 49.4 Å². The topological polar surface area (TPSA) is 120 Å². The standard InChI is InChI=1S/C40H47F4N5O5S/c1-38(2)15-33(38)37(52)48-23-39(24-48)22-47(36(51)28-16-45-49(18-28)17-25-7-13-31(41)14-8-25)19-30(39)21-54-20-27-5-4-6-32(34(27)35(50)46-55(3)53)26-9-11-29(12-10-26)40(42,43)44/h4-8,13-14,16,18,26,29-30,33H,9-12,15,17,19-24H2,1-3H3,(H,46,50). The maximum atomic E-state index is 13.9. The number of ether oxygens (including phenoxy) is 1. The van der Waals surface area contributed by atoms with Gasteiger partial charge in [-0.05, 0) is 72.3 Å². The molecule has 2 saturated carbocycles. The third-order valence-electron chi connectivity index (χ3n) is 12.2. The van der Waals surface area contributed by atoms with Gasteiger partial charge in [-0.3, -0.25) is 19.1 Å². The molecule has 1 N–H and O–H groups in total. The van der Waals surface area contributed by atoms with Crippen molar-refractivity contribution in [3.8, 4) is 0 Å². The number of hydrogen-bond donors (Lipinski definition) is 1. The van der Waals surface area contributed by atoms with Crippen LogP contribution in [0.15, 0.2) is 54.9 Å². The number of nitrogens with zero attached hydrogens (tertiary/aromatic N) is 4. The molecule has 7 rings (SSSR count). The molecule has 3 aromatic rings. The zero-order chi connectivity index (χ0) is 39.3. The van der Waals surface area contributed by atoms with Crippen LogP contribution in [-0.4, -0.2) is 87.1 Å². The molecule has 4 aliphatic rings. The zero-order valence-electron chi connectivity index (χ0n) is 31.2. The van der Waals surface area contributed by atoms with Crippen molar-refractivity contribution < 1.29 is 41.2 Å². The summed E-state index contributed by atoms with van der Waals surface area (Å²) in [6.07, 6.45) is 1.61. The predicted molar refractivity (Wildman–Crippen MR) is 196 cm³/mol. The van der Waals surface area contributed by atoms with Gasteiger partial charge < -0.3 is 19.1 Å². The number of halogens is 4. The Morgan fingerprint density at radius 2 is 1.69 bits per heavy atom. The quantitative estimate of drug-likeness (QED) is 0.186. The smallest absolute Gasteiger partial charge is 0.391 e. The second-order valence-corrected chi connectivity index (χ2v) is 17.7. The van der Waals surface area contributed by atoms with Crippen LogP contribution in [0.5, 0.6) is 0 Å². The maximum absolute atomic E-state index is 13.9. The van der Waals surface area contributed by atoms with E-state index in [9.17, 15) is 36.5 Å². The van der Waals surface area contributed by atoms with Gasteiger partial charge in [-0.2, -0.15) is 23.0 Å². The minimum atomic E-state index is -4.26. The highest BCUT2D eigenvalue weighted by molar-refractivity contribution is 7.89. The normalized spacial score (nSPS) is 24.7. The predicted octanol–water partition coefficient (Wildman–Crippen LogP) is 6.09. The number of aromatic nitrogens is 2. The van der Waals surface area contributed by atoms with Gasteiger partial charge in [0.1, 0.15) is 12.1 Å². The third kappa shape index (κ3) is 8.43. The lowest BCUT2D eigenvalue weighted by Crippen LogP contribution is -2.63. The second-order valence-electron chi connectivity index (χ2n) is 16.6. The number of likely N-dealkylation sites (tertiary alicyclic amines) is 2. The summed E-state index contributed by atoms with van der Waals surface area (Å²) in [5.41, 5.74) is 2.26. The molecule has 2 aromatic carbocycles. The lowest BCUT2D eigenvalue weighted by atomic mass is 9.71. The average molecular weight is 786 g/mol. The summed E-state index contributed by atoms with van der Waals surface area (Å²) in [7, 11) is 0. The highest BCUT2D eigenvalue weighted by Crippen LogP contribution is 2.55. The van der Waals surface area contributed by atoms with Gasteiger partial charge >= 0.3 is 6.18 Å². The van der Waals surface area contributed by atoms with E-state index in [4.69, 9.17) is 4.74 Å². The van der Waals surface area contributed by atoms with Crippen molar-refractivity contribution in [2.24, 2.45) is 28.6 Å². The summed E-state index contributed by atoms with van der Waals surface area (Å²) in [4.78, 5) is 44.4. The van der Waals surface area contributed by atoms with Crippen LogP contribution >= 0.6 is 0 Å². The van der Waals surface area contributed by atoms with Crippen LogP contribution < -0.4 is 4.72 Å². The molecule has 296 valence electrons. The number of alkyl halides is 3. The lowest BCUT2D eigenvalue weighted by molar-refractivity contribution is -0.182. The number of amides is 3. The van der Waals surface area contributed by atoms with Crippen LogP contribution in [-0.2, 0) is 34.0 Å². The van der Waals surface area contributed by atoms with E-state index in [2.05, 4.69) is 23.7 Å². The number of hydrogen-bond acceptors (Lipinski definition) is 6. The van der Waals surface area contributed by atoms with Gasteiger partial charge in [0.15, 0.2) is 0 Å². The van der Waals surface area contributed by atoms with Crippen molar-refractivity contribution >= 4 is 29.1 Å². The summed E-state index contributed by atoms with van der Waals surface area (Å²) < 4.78 is 76.2. The molecule has 2 aliphatic heterocycles. The second kappa shape index (κ2) is 15.2. The maximum Gasteiger partial charge on any atom is 0.391 e. The van der Waals surface area contributed by atoms with Crippen LogP contribution in [0, 0.1) is 34.4 Å². The van der Waals surface area contributed by atoms with E-state index in [0.717, 1.165) is 12.0 Å². The average Bonchev–Trinajstić information content (AvgIpc) is 3.40. The Morgan fingerprint density at radius 3 is 2.33 bits per heavy atom. The monoisotopic (exact) mass is 785 g/mol. The van der Waals surface area contributed by atoms with Gasteiger partial charge in [0.05, 0.1) is 54.4 Å². The molecule has 2 saturated heterocycles. The molecule has 55 heavy (non-hydrogen) atoms. The molecule has 1 aromatic heterocycles. The summed E-state index contributed by atoms with van der Waals surface area (Å²) in [5, 5.41) is 4.37. The molecule has 0 bridgehead atoms. The molecule has 4 fully saturated rings. The van der Waals surface area contributed by atoms with Crippen molar-refractivity contribution in [3.63, 3.8) is 0 Å². The van der Waals surface area contributed by atoms with Crippen molar-refractivity contribution in [1.82, 2.24) is 24.3 Å². The Hall–Kier alpha value is -3.95. The van der Waals surface area contributed by atoms with E-state index in [-0.39, 0.29) is 85.3 Å². The summed E-state index contributed by atoms with van der Waals surface area (Å²) >= 11 is -1.67. The first-order valence-corrected chi connectivity index (χ1v) is 20.3. The van der Waals surface area contributed by atoms with Crippen LogP contribution in [0.3, 0.4) is 0 Å². The van der Waals surface area contributed by atoms with Crippen LogP contribution in [0.2, 0.25) is 0 Å². The first-order chi connectivity index (χ1) is 26.0. The number of carbonyl (C=O) groups excluding carboxylic acids is 3. The van der Waals surface area contributed by atoms with Crippen LogP contribution in [0.25, 0.3) is 0 Å². The molecule has 3 amide bonds. The van der Waals surface area contributed by atoms with E-state index in [1.54, 1.807) is 46.1 Å². The number of carbonyl (C=O) groups is 3. The molecular weight excluding hydrogens is 739 g/mol. The minimum absolute atomic E-state index is 0.0107. The Kier molecular flexibility index (Phi) is 10.8. The zero-order valence-corrected chi connectivity index (χ0v) is 32.1. The Bertz CT molecular complexity index is 1900. The van der Waals surface area contributed by atoms with Gasteiger partial charge in [0, 0.05) is 49.6 Å². The minimum Gasteiger partial charge on any atom is -0.593 e. The fourth-order valence-electron chi connectivity index (χ4n) is 8.86. The first-order valence-electron chi connectivity index (χ1n) is 18.8. The van der Waals surface area contributed by atoms with E-state index < -0.39 is 34.8 Å². The fourth-order valence-corrected chi connectivity index (χ4v) is 9.22. The molecule has 3 atom stereocenters. The van der Waals surface area contributed by atoms with E-state index >= 15 is 0 Å². The van der Waals surface area contributed by atoms with Crippen LogP contribution in [0.1, 0.15) is 89.3 Å². The van der Waals surface area contributed by atoms with Gasteiger partial charge in [-0.1, -0.05) is 44.2 Å². The fraction of sp³-hybridized carbons (Fsp3) is 0.550. The van der Waals surface area contributed by atoms with Gasteiger partial charge in [-0.25, -0.2) is 4.39 Å². The molecule has 2 aliphatic carbocycles. The van der Waals surface area contributed by atoms with Gasteiger partial charge in [-0.15, -0.1) is 0 Å². The molecule has 1 spiro atoms. The molecule has 3 heterocycles. The molecular formula is C40H47F4N5O5S. The molecule has 15 heteroatoms. The van der Waals surface area contributed by atoms with E-state index in [1.165, 1.54) is 24.6 Å². The number of rotatable bonds is 11. The van der Waals surface area contributed by atoms with Crippen molar-refractivity contribution in [2.75, 3.05) is 39.0 Å². The van der Waals surface area contributed by atoms with Gasteiger partial charge in [0.25, 0.3) is 11.8 Å². The summed E-state index contributed by atoms with van der Waals surface area (Å²) in [6.45, 7) is 6.57. The third-order valence-corrected chi connectivity index (χ3v) is 12.7. The van der Waals surface area contributed by atoms with Crippen LogP contribution in [0.4, 0.5) is 17.6 Å². The lowest BCUT2D eigenvalue weighted by Gasteiger charge is -2.51. The highest BCUT2D eigenvalue weighted by atomic mass is 32.2. The Labute approximate surface area is 321 Å². The number of nitrogens with one attached hydrogen (secondary N) is 1. The molecule has 0 radical (unpaired) electrons. The Morgan fingerprint density at radius 1 is 1.02 bits per heavy atom. The largest absolute Gasteiger partial charge is 0.593 e. The van der Waals surface area contributed by atoms with Crippen molar-refractivity contribution in [1.29, 1.82) is 0 Å². The van der Waals surface area contributed by atoms with Gasteiger partial charge in [0.2, 0.25) is 5.91 Å². The Balaban J connectivity index is 1.06. The number of benzene rings is 2.